The van der Waals surface area contributed by atoms with E-state index in [0.29, 0.717) is 0 Å². The fourth-order valence-electron chi connectivity index (χ4n) is 8.25. The van der Waals surface area contributed by atoms with Crippen molar-refractivity contribution < 1.29 is 0 Å². The van der Waals surface area contributed by atoms with Crippen LogP contribution in [0.4, 0.5) is 17.1 Å². The second kappa shape index (κ2) is 13.7. The van der Waals surface area contributed by atoms with Crippen LogP contribution >= 0.6 is 0 Å². The molecule has 1 aromatic heterocycles. The summed E-state index contributed by atoms with van der Waals surface area (Å²) in [5, 5.41) is 4.90. The van der Waals surface area contributed by atoms with Crippen LogP contribution in [0, 0.1) is 6.92 Å². The summed E-state index contributed by atoms with van der Waals surface area (Å²) in [6.07, 6.45) is 0. The van der Waals surface area contributed by atoms with Crippen molar-refractivity contribution in [2.45, 2.75) is 6.92 Å². The number of fused-ring (bicyclic) bond motifs is 4. The molecule has 9 aromatic carbocycles. The highest BCUT2D eigenvalue weighted by atomic mass is 15.2. The van der Waals surface area contributed by atoms with Gasteiger partial charge < -0.3 is 9.47 Å². The van der Waals surface area contributed by atoms with Crippen LogP contribution in [0.3, 0.4) is 0 Å². The first-order valence-corrected chi connectivity index (χ1v) is 18.9. The van der Waals surface area contributed by atoms with Crippen molar-refractivity contribution >= 4 is 49.6 Å². The molecule has 2 nitrogen and oxygen atoms in total. The lowest BCUT2D eigenvalue weighted by Gasteiger charge is -2.29. The van der Waals surface area contributed by atoms with Gasteiger partial charge in [0.2, 0.25) is 0 Å². The average Bonchev–Trinajstić information content (AvgIpc) is 3.59. The lowest BCUT2D eigenvalue weighted by molar-refractivity contribution is 1.17. The summed E-state index contributed by atoms with van der Waals surface area (Å²) in [6, 6.07) is 77.1. The molecule has 0 amide bonds. The van der Waals surface area contributed by atoms with Gasteiger partial charge in [-0.1, -0.05) is 164 Å². The molecule has 0 saturated heterocycles. The van der Waals surface area contributed by atoms with Crippen LogP contribution in [0.5, 0.6) is 0 Å². The van der Waals surface area contributed by atoms with E-state index in [1.807, 2.05) is 0 Å². The standard InChI is InChI=1S/C53H38N2/c1-37-27-34-46(43-29-28-39-17-8-9-20-42(39)36-43)52(35-37)55-49-24-13-11-22-47(49)53-50(25-14-26-51(53)55)54(44-32-30-40(31-33-44)38-15-4-2-5-16-38)48-23-12-10-21-45(48)41-18-6-3-7-19-41/h2-36H,1H3. The van der Waals surface area contributed by atoms with Gasteiger partial charge in [-0.25, -0.2) is 0 Å². The smallest absolute Gasteiger partial charge is 0.0562 e. The molecule has 0 fully saturated rings. The fraction of sp³-hybridized carbons (Fsp3) is 0.0189. The van der Waals surface area contributed by atoms with Gasteiger partial charge in [0, 0.05) is 27.6 Å². The summed E-state index contributed by atoms with van der Waals surface area (Å²) in [5.41, 5.74) is 15.2. The van der Waals surface area contributed by atoms with Crippen LogP contribution in [0.25, 0.3) is 71.6 Å². The van der Waals surface area contributed by atoms with Gasteiger partial charge >= 0.3 is 0 Å². The summed E-state index contributed by atoms with van der Waals surface area (Å²) < 4.78 is 2.48. The summed E-state index contributed by atoms with van der Waals surface area (Å²) in [6.45, 7) is 2.19. The predicted octanol–water partition coefficient (Wildman–Crippen LogP) is 14.7. The fourth-order valence-corrected chi connectivity index (χ4v) is 8.25. The van der Waals surface area contributed by atoms with E-state index in [9.17, 15) is 0 Å². The number of hydrogen-bond donors (Lipinski definition) is 0. The van der Waals surface area contributed by atoms with Crippen molar-refractivity contribution in [1.82, 2.24) is 4.57 Å². The predicted molar refractivity (Wildman–Crippen MR) is 234 cm³/mol. The number of nitrogens with zero attached hydrogens (tertiary/aromatic N) is 2. The van der Waals surface area contributed by atoms with Crippen LogP contribution in [-0.4, -0.2) is 4.57 Å². The lowest BCUT2D eigenvalue weighted by atomic mass is 9.98. The summed E-state index contributed by atoms with van der Waals surface area (Å²) >= 11 is 0. The Morgan fingerprint density at radius 2 is 1.00 bits per heavy atom. The van der Waals surface area contributed by atoms with Gasteiger partial charge in [0.05, 0.1) is 28.1 Å². The highest BCUT2D eigenvalue weighted by Gasteiger charge is 2.24. The second-order valence-electron chi connectivity index (χ2n) is 14.2. The molecule has 0 atom stereocenters. The normalized spacial score (nSPS) is 11.4. The number of aromatic nitrogens is 1. The third-order valence-corrected chi connectivity index (χ3v) is 10.8. The van der Waals surface area contributed by atoms with Crippen LogP contribution < -0.4 is 4.90 Å². The van der Waals surface area contributed by atoms with Crippen LogP contribution in [0.15, 0.2) is 212 Å². The van der Waals surface area contributed by atoms with E-state index in [-0.39, 0.29) is 0 Å². The molecule has 0 bridgehead atoms. The highest BCUT2D eigenvalue weighted by Crippen LogP contribution is 2.47. The highest BCUT2D eigenvalue weighted by molar-refractivity contribution is 6.17. The third kappa shape index (κ3) is 5.76. The molecule has 0 unspecified atom stereocenters. The number of para-hydroxylation sites is 2. The molecule has 0 N–H and O–H groups in total. The van der Waals surface area contributed by atoms with Crippen LogP contribution in [0.1, 0.15) is 5.56 Å². The first-order chi connectivity index (χ1) is 27.2. The molecule has 0 aliphatic rings. The number of rotatable bonds is 7. The molecular formula is C53H38N2. The minimum atomic E-state index is 1.10. The minimum absolute atomic E-state index is 1.10. The Labute approximate surface area is 321 Å². The molecule has 0 aliphatic heterocycles. The quantitative estimate of drug-likeness (QED) is 0.160. The molecule has 55 heavy (non-hydrogen) atoms. The van der Waals surface area contributed by atoms with E-state index in [2.05, 4.69) is 229 Å². The van der Waals surface area contributed by atoms with Gasteiger partial charge in [-0.3, -0.25) is 0 Å². The van der Waals surface area contributed by atoms with Crippen LogP contribution in [0.2, 0.25) is 0 Å². The van der Waals surface area contributed by atoms with Crippen molar-refractivity contribution in [2.75, 3.05) is 4.90 Å². The maximum Gasteiger partial charge on any atom is 0.0562 e. The Morgan fingerprint density at radius 3 is 1.82 bits per heavy atom. The van der Waals surface area contributed by atoms with Gasteiger partial charge in [0.15, 0.2) is 0 Å². The Hall–Kier alpha value is -7.16. The number of hydrogen-bond acceptors (Lipinski definition) is 1. The maximum atomic E-state index is 2.48. The van der Waals surface area contributed by atoms with E-state index in [4.69, 9.17) is 0 Å². The minimum Gasteiger partial charge on any atom is -0.309 e. The number of anilines is 3. The lowest BCUT2D eigenvalue weighted by Crippen LogP contribution is -2.11. The molecular weight excluding hydrogens is 665 g/mol. The zero-order valence-corrected chi connectivity index (χ0v) is 30.6. The second-order valence-corrected chi connectivity index (χ2v) is 14.2. The first kappa shape index (κ1) is 32.5. The maximum absolute atomic E-state index is 2.48. The Morgan fingerprint density at radius 1 is 0.382 bits per heavy atom. The van der Waals surface area contributed by atoms with E-state index < -0.39 is 0 Å². The summed E-state index contributed by atoms with van der Waals surface area (Å²) in [7, 11) is 0. The van der Waals surface area contributed by atoms with E-state index >= 15 is 0 Å². The third-order valence-electron chi connectivity index (χ3n) is 10.8. The molecule has 0 saturated carbocycles. The molecule has 2 heteroatoms. The SMILES string of the molecule is Cc1ccc(-c2ccc3ccccc3c2)c(-n2c3ccccc3c3c(N(c4ccc(-c5ccccc5)cc4)c4ccccc4-c4ccccc4)cccc32)c1. The molecule has 0 spiro atoms. The largest absolute Gasteiger partial charge is 0.309 e. The van der Waals surface area contributed by atoms with Gasteiger partial charge in [-0.15, -0.1) is 0 Å². The van der Waals surface area contributed by atoms with Gasteiger partial charge in [-0.05, 0) is 94.0 Å². The molecule has 10 aromatic rings. The van der Waals surface area contributed by atoms with Gasteiger partial charge in [0.1, 0.15) is 0 Å². The average molecular weight is 703 g/mol. The monoisotopic (exact) mass is 702 g/mol. The Kier molecular flexibility index (Phi) is 8.08. The van der Waals surface area contributed by atoms with E-state index in [1.54, 1.807) is 0 Å². The molecule has 10 rings (SSSR count). The topological polar surface area (TPSA) is 8.17 Å². The van der Waals surface area contributed by atoms with Crippen molar-refractivity contribution in [1.29, 1.82) is 0 Å². The van der Waals surface area contributed by atoms with E-state index in [0.717, 1.165) is 22.6 Å². The molecule has 260 valence electrons. The van der Waals surface area contributed by atoms with Crippen molar-refractivity contribution in [3.05, 3.63) is 218 Å². The van der Waals surface area contributed by atoms with Crippen molar-refractivity contribution in [3.8, 4) is 39.1 Å². The molecule has 0 radical (unpaired) electrons. The first-order valence-electron chi connectivity index (χ1n) is 18.9. The van der Waals surface area contributed by atoms with Crippen molar-refractivity contribution in [2.24, 2.45) is 0 Å². The van der Waals surface area contributed by atoms with Gasteiger partial charge in [0.25, 0.3) is 0 Å². The number of aryl methyl sites for hydroxylation is 1. The van der Waals surface area contributed by atoms with E-state index in [1.165, 1.54) is 71.7 Å². The Balaban J connectivity index is 1.24. The van der Waals surface area contributed by atoms with Crippen molar-refractivity contribution in [3.63, 3.8) is 0 Å². The zero-order chi connectivity index (χ0) is 36.7. The number of benzene rings is 9. The van der Waals surface area contributed by atoms with Crippen LogP contribution in [-0.2, 0) is 0 Å². The van der Waals surface area contributed by atoms with Gasteiger partial charge in [-0.2, -0.15) is 0 Å². The zero-order valence-electron chi connectivity index (χ0n) is 30.6. The molecule has 1 heterocycles. The molecule has 0 aliphatic carbocycles. The Bertz CT molecular complexity index is 2980. The summed E-state index contributed by atoms with van der Waals surface area (Å²) in [4.78, 5) is 2.46. The summed E-state index contributed by atoms with van der Waals surface area (Å²) in [5.74, 6) is 0.